The summed E-state index contributed by atoms with van der Waals surface area (Å²) in [7, 11) is 0. The fourth-order valence-electron chi connectivity index (χ4n) is 3.56. The minimum absolute atomic E-state index is 0.0539. The highest BCUT2D eigenvalue weighted by Crippen LogP contribution is 2.40. The SMILES string of the molecule is Cc1nn2c(c1NC(O)c1ccccn1)N=C(c1ccccc1C(F)(F)F)CC2C. The van der Waals surface area contributed by atoms with Gasteiger partial charge in [-0.1, -0.05) is 24.3 Å². The van der Waals surface area contributed by atoms with E-state index in [0.29, 0.717) is 35.0 Å². The quantitative estimate of drug-likeness (QED) is 0.601. The number of anilines is 1. The van der Waals surface area contributed by atoms with Gasteiger partial charge in [0.25, 0.3) is 0 Å². The molecule has 0 saturated carbocycles. The molecular weight excluding hydrogens is 395 g/mol. The van der Waals surface area contributed by atoms with Crippen molar-refractivity contribution < 1.29 is 18.3 Å². The minimum Gasteiger partial charge on any atom is -0.368 e. The van der Waals surface area contributed by atoms with E-state index in [9.17, 15) is 18.3 Å². The summed E-state index contributed by atoms with van der Waals surface area (Å²) in [6.07, 6.45) is -3.72. The first-order chi connectivity index (χ1) is 14.3. The third-order valence-electron chi connectivity index (χ3n) is 5.00. The average Bonchev–Trinajstić information content (AvgIpc) is 3.04. The van der Waals surface area contributed by atoms with Gasteiger partial charge in [-0.25, -0.2) is 9.67 Å². The highest BCUT2D eigenvalue weighted by molar-refractivity contribution is 6.04. The molecule has 0 amide bonds. The van der Waals surface area contributed by atoms with Crippen LogP contribution in [0.3, 0.4) is 0 Å². The van der Waals surface area contributed by atoms with E-state index in [2.05, 4.69) is 20.4 Å². The normalized spacial score (nSPS) is 17.3. The van der Waals surface area contributed by atoms with E-state index in [1.165, 1.54) is 12.1 Å². The first kappa shape index (κ1) is 20.1. The van der Waals surface area contributed by atoms with Gasteiger partial charge in [-0.05, 0) is 32.0 Å². The summed E-state index contributed by atoms with van der Waals surface area (Å²) < 4.78 is 42.2. The van der Waals surface area contributed by atoms with Crippen molar-refractivity contribution in [2.24, 2.45) is 4.99 Å². The zero-order chi connectivity index (χ0) is 21.5. The van der Waals surface area contributed by atoms with Crippen LogP contribution in [0, 0.1) is 6.92 Å². The molecule has 3 aromatic rings. The maximum absolute atomic E-state index is 13.5. The van der Waals surface area contributed by atoms with Crippen LogP contribution in [0.4, 0.5) is 24.7 Å². The predicted octanol–water partition coefficient (Wildman–Crippen LogP) is 4.79. The number of aliphatic imine (C=N–C) groups is 1. The predicted molar refractivity (Wildman–Crippen MR) is 107 cm³/mol. The van der Waals surface area contributed by atoms with Crippen LogP contribution in [-0.2, 0) is 6.18 Å². The second kappa shape index (κ2) is 7.56. The molecule has 9 heteroatoms. The van der Waals surface area contributed by atoms with Gasteiger partial charge in [0.2, 0.25) is 0 Å². The molecule has 0 fully saturated rings. The highest BCUT2D eigenvalue weighted by atomic mass is 19.4. The molecule has 4 rings (SSSR count). The van der Waals surface area contributed by atoms with Crippen molar-refractivity contribution in [2.75, 3.05) is 5.32 Å². The molecule has 2 unspecified atom stereocenters. The number of halogens is 3. The van der Waals surface area contributed by atoms with Gasteiger partial charge >= 0.3 is 6.18 Å². The maximum Gasteiger partial charge on any atom is 0.417 e. The Morgan fingerprint density at radius 2 is 1.90 bits per heavy atom. The Morgan fingerprint density at radius 3 is 2.60 bits per heavy atom. The molecule has 0 spiro atoms. The number of fused-ring (bicyclic) bond motifs is 1. The summed E-state index contributed by atoms with van der Waals surface area (Å²) in [4.78, 5) is 8.65. The lowest BCUT2D eigenvalue weighted by atomic mass is 9.97. The van der Waals surface area contributed by atoms with Gasteiger partial charge in [-0.3, -0.25) is 4.98 Å². The Bertz CT molecular complexity index is 1090. The number of pyridine rings is 1. The molecule has 0 aliphatic carbocycles. The number of rotatable bonds is 4. The maximum atomic E-state index is 13.5. The monoisotopic (exact) mass is 415 g/mol. The standard InChI is InChI=1S/C21H20F3N5O/c1-12-11-17(14-7-3-4-8-15(14)21(22,23)24)26-19-18(13(2)28-29(12)19)27-20(30)16-9-5-6-10-25-16/h3-10,12,20,27,30H,11H2,1-2H3. The van der Waals surface area contributed by atoms with E-state index in [4.69, 9.17) is 0 Å². The molecule has 0 radical (unpaired) electrons. The topological polar surface area (TPSA) is 75.3 Å². The van der Waals surface area contributed by atoms with Crippen molar-refractivity contribution in [3.05, 3.63) is 71.2 Å². The fraction of sp³-hybridized carbons (Fsp3) is 0.286. The van der Waals surface area contributed by atoms with Crippen LogP contribution in [0.15, 0.2) is 53.7 Å². The summed E-state index contributed by atoms with van der Waals surface area (Å²) in [5, 5.41) is 17.9. The van der Waals surface area contributed by atoms with E-state index in [1.807, 2.05) is 6.92 Å². The van der Waals surface area contributed by atoms with Gasteiger partial charge in [0, 0.05) is 18.2 Å². The third kappa shape index (κ3) is 3.68. The molecule has 156 valence electrons. The second-order valence-corrected chi connectivity index (χ2v) is 7.19. The molecular formula is C21H20F3N5O. The van der Waals surface area contributed by atoms with Crippen molar-refractivity contribution in [2.45, 2.75) is 38.7 Å². The van der Waals surface area contributed by atoms with E-state index in [0.717, 1.165) is 6.07 Å². The molecule has 2 atom stereocenters. The van der Waals surface area contributed by atoms with Gasteiger partial charge in [-0.15, -0.1) is 0 Å². The van der Waals surface area contributed by atoms with Crippen molar-refractivity contribution in [1.29, 1.82) is 0 Å². The number of benzene rings is 1. The summed E-state index contributed by atoms with van der Waals surface area (Å²) in [5.74, 6) is 0.383. The molecule has 6 nitrogen and oxygen atoms in total. The fourth-order valence-corrected chi connectivity index (χ4v) is 3.56. The van der Waals surface area contributed by atoms with Crippen molar-refractivity contribution >= 4 is 17.2 Å². The number of hydrogen-bond acceptors (Lipinski definition) is 5. The number of alkyl halides is 3. The van der Waals surface area contributed by atoms with Crippen molar-refractivity contribution in [1.82, 2.24) is 14.8 Å². The lowest BCUT2D eigenvalue weighted by Crippen LogP contribution is -2.21. The van der Waals surface area contributed by atoms with Gasteiger partial charge in [0.15, 0.2) is 12.0 Å². The number of aryl methyl sites for hydroxylation is 1. The molecule has 3 heterocycles. The van der Waals surface area contributed by atoms with Crippen LogP contribution in [0.2, 0.25) is 0 Å². The largest absolute Gasteiger partial charge is 0.417 e. The Hall–Kier alpha value is -3.20. The lowest BCUT2D eigenvalue weighted by Gasteiger charge is -2.24. The van der Waals surface area contributed by atoms with E-state index in [-0.39, 0.29) is 11.6 Å². The van der Waals surface area contributed by atoms with E-state index in [1.54, 1.807) is 42.1 Å². The zero-order valence-corrected chi connectivity index (χ0v) is 16.4. The van der Waals surface area contributed by atoms with Crippen LogP contribution in [0.25, 0.3) is 0 Å². The molecule has 2 N–H and O–H groups in total. The van der Waals surface area contributed by atoms with E-state index >= 15 is 0 Å². The number of nitrogens with zero attached hydrogens (tertiary/aromatic N) is 4. The number of aliphatic hydroxyl groups excluding tert-OH is 1. The Labute approximate surface area is 171 Å². The number of aromatic nitrogens is 3. The first-order valence-corrected chi connectivity index (χ1v) is 9.44. The van der Waals surface area contributed by atoms with Crippen LogP contribution < -0.4 is 5.32 Å². The summed E-state index contributed by atoms with van der Waals surface area (Å²) in [5.41, 5.74) is 1.12. The van der Waals surface area contributed by atoms with Crippen LogP contribution in [0.1, 0.15) is 48.1 Å². The zero-order valence-electron chi connectivity index (χ0n) is 16.4. The average molecular weight is 415 g/mol. The molecule has 0 saturated heterocycles. The van der Waals surface area contributed by atoms with Crippen LogP contribution >= 0.6 is 0 Å². The summed E-state index contributed by atoms with van der Waals surface area (Å²) in [6, 6.07) is 10.4. The van der Waals surface area contributed by atoms with Gasteiger partial charge in [0.05, 0.1) is 28.7 Å². The number of hydrogen-bond donors (Lipinski definition) is 2. The molecule has 0 bridgehead atoms. The van der Waals surface area contributed by atoms with Crippen LogP contribution in [0.5, 0.6) is 0 Å². The molecule has 30 heavy (non-hydrogen) atoms. The first-order valence-electron chi connectivity index (χ1n) is 9.44. The minimum atomic E-state index is -4.48. The number of nitrogens with one attached hydrogen (secondary N) is 1. The molecule has 1 aromatic carbocycles. The second-order valence-electron chi connectivity index (χ2n) is 7.19. The van der Waals surface area contributed by atoms with Crippen molar-refractivity contribution in [3.8, 4) is 0 Å². The third-order valence-corrected chi connectivity index (χ3v) is 5.00. The molecule has 1 aliphatic heterocycles. The van der Waals surface area contributed by atoms with Crippen molar-refractivity contribution in [3.63, 3.8) is 0 Å². The van der Waals surface area contributed by atoms with Gasteiger partial charge in [-0.2, -0.15) is 18.3 Å². The summed E-state index contributed by atoms with van der Waals surface area (Å²) in [6.45, 7) is 3.63. The smallest absolute Gasteiger partial charge is 0.368 e. The van der Waals surface area contributed by atoms with Crippen LogP contribution in [-0.4, -0.2) is 25.6 Å². The Morgan fingerprint density at radius 1 is 1.17 bits per heavy atom. The Balaban J connectivity index is 1.77. The van der Waals surface area contributed by atoms with Gasteiger partial charge < -0.3 is 10.4 Å². The van der Waals surface area contributed by atoms with Gasteiger partial charge in [0.1, 0.15) is 5.69 Å². The summed E-state index contributed by atoms with van der Waals surface area (Å²) >= 11 is 0. The Kier molecular flexibility index (Phi) is 5.07. The highest BCUT2D eigenvalue weighted by Gasteiger charge is 2.36. The number of aliphatic hydroxyl groups is 1. The van der Waals surface area contributed by atoms with E-state index < -0.39 is 18.0 Å². The lowest BCUT2D eigenvalue weighted by molar-refractivity contribution is -0.137. The molecule has 1 aliphatic rings. The molecule has 2 aromatic heterocycles.